The standard InChI is InChI=1S/C11H10BrNO3/c1-11(10(15)16-2)7-4-3-6(12)5-8(7)13-9(11)14/h3-5H,1-2H3,(H,13,14)/t11-/m1/s1. The number of methoxy groups -OCH3 is 1. The zero-order valence-electron chi connectivity index (χ0n) is 8.83. The molecule has 1 amide bonds. The number of anilines is 1. The normalized spacial score (nSPS) is 22.6. The first kappa shape index (κ1) is 11.1. The van der Waals surface area contributed by atoms with Crippen molar-refractivity contribution in [1.29, 1.82) is 0 Å². The fraction of sp³-hybridized carbons (Fsp3) is 0.273. The quantitative estimate of drug-likeness (QED) is 0.632. The molecule has 1 aromatic rings. The smallest absolute Gasteiger partial charge is 0.325 e. The van der Waals surface area contributed by atoms with Gasteiger partial charge in [-0.1, -0.05) is 22.0 Å². The van der Waals surface area contributed by atoms with Gasteiger partial charge in [0.05, 0.1) is 7.11 Å². The molecule has 1 aromatic carbocycles. The third-order valence-electron chi connectivity index (χ3n) is 2.82. The molecular weight excluding hydrogens is 274 g/mol. The van der Waals surface area contributed by atoms with Gasteiger partial charge in [0, 0.05) is 15.7 Å². The SMILES string of the molecule is COC(=O)[C@@]1(C)C(=O)Nc2cc(Br)ccc21. The number of hydrogen-bond acceptors (Lipinski definition) is 3. The van der Waals surface area contributed by atoms with Crippen LogP contribution in [-0.4, -0.2) is 19.0 Å². The van der Waals surface area contributed by atoms with Crippen molar-refractivity contribution >= 4 is 33.5 Å². The summed E-state index contributed by atoms with van der Waals surface area (Å²) in [5.74, 6) is -0.904. The van der Waals surface area contributed by atoms with Gasteiger partial charge >= 0.3 is 5.97 Å². The van der Waals surface area contributed by atoms with Crippen LogP contribution in [0.2, 0.25) is 0 Å². The highest BCUT2D eigenvalue weighted by atomic mass is 79.9. The Morgan fingerprint density at radius 3 is 2.81 bits per heavy atom. The number of benzene rings is 1. The number of amides is 1. The van der Waals surface area contributed by atoms with Gasteiger partial charge in [-0.2, -0.15) is 0 Å². The number of carbonyl (C=O) groups excluding carboxylic acids is 2. The van der Waals surface area contributed by atoms with E-state index in [1.165, 1.54) is 7.11 Å². The Balaban J connectivity index is 2.60. The van der Waals surface area contributed by atoms with Crippen LogP contribution in [0.15, 0.2) is 22.7 Å². The summed E-state index contributed by atoms with van der Waals surface area (Å²) in [4.78, 5) is 23.5. The summed E-state index contributed by atoms with van der Waals surface area (Å²) in [6.45, 7) is 1.56. The van der Waals surface area contributed by atoms with Crippen molar-refractivity contribution < 1.29 is 14.3 Å². The van der Waals surface area contributed by atoms with Crippen molar-refractivity contribution in [3.63, 3.8) is 0 Å². The zero-order chi connectivity index (χ0) is 11.9. The lowest BCUT2D eigenvalue weighted by Gasteiger charge is -2.18. The predicted octanol–water partition coefficient (Wildman–Crippen LogP) is 1.83. The Morgan fingerprint density at radius 1 is 1.50 bits per heavy atom. The summed E-state index contributed by atoms with van der Waals surface area (Å²) in [6.07, 6.45) is 0. The van der Waals surface area contributed by atoms with E-state index in [1.54, 1.807) is 25.1 Å². The average molecular weight is 284 g/mol. The maximum absolute atomic E-state index is 11.8. The van der Waals surface area contributed by atoms with Crippen LogP contribution >= 0.6 is 15.9 Å². The molecule has 1 aliphatic rings. The second-order valence-electron chi connectivity index (χ2n) is 3.76. The second kappa shape index (κ2) is 3.59. The molecule has 16 heavy (non-hydrogen) atoms. The van der Waals surface area contributed by atoms with Crippen molar-refractivity contribution in [2.45, 2.75) is 12.3 Å². The third kappa shape index (κ3) is 1.35. The van der Waals surface area contributed by atoms with Crippen molar-refractivity contribution in [1.82, 2.24) is 0 Å². The lowest BCUT2D eigenvalue weighted by molar-refractivity contribution is -0.150. The van der Waals surface area contributed by atoms with E-state index in [1.807, 2.05) is 0 Å². The maximum Gasteiger partial charge on any atom is 0.325 e. The summed E-state index contributed by atoms with van der Waals surface area (Å²) in [6, 6.07) is 5.30. The van der Waals surface area contributed by atoms with Gasteiger partial charge in [0.1, 0.15) is 0 Å². The molecule has 84 valence electrons. The van der Waals surface area contributed by atoms with E-state index in [2.05, 4.69) is 26.0 Å². The minimum absolute atomic E-state index is 0.354. The number of ether oxygens (including phenoxy) is 1. The first-order valence-electron chi connectivity index (χ1n) is 4.70. The third-order valence-corrected chi connectivity index (χ3v) is 3.31. The first-order valence-corrected chi connectivity index (χ1v) is 5.49. The number of rotatable bonds is 1. The summed E-state index contributed by atoms with van der Waals surface area (Å²) in [5, 5.41) is 2.67. The number of halogens is 1. The second-order valence-corrected chi connectivity index (χ2v) is 4.68. The highest BCUT2D eigenvalue weighted by Gasteiger charge is 2.50. The van der Waals surface area contributed by atoms with Gasteiger partial charge in [0.15, 0.2) is 5.41 Å². The van der Waals surface area contributed by atoms with Crippen LogP contribution in [0, 0.1) is 0 Å². The van der Waals surface area contributed by atoms with Crippen LogP contribution in [0.1, 0.15) is 12.5 Å². The van der Waals surface area contributed by atoms with E-state index in [-0.39, 0.29) is 5.91 Å². The van der Waals surface area contributed by atoms with Crippen LogP contribution in [0.3, 0.4) is 0 Å². The Labute approximate surface area is 101 Å². The van der Waals surface area contributed by atoms with E-state index in [0.29, 0.717) is 11.3 Å². The molecule has 0 unspecified atom stereocenters. The van der Waals surface area contributed by atoms with Gasteiger partial charge in [-0.05, 0) is 19.1 Å². The zero-order valence-corrected chi connectivity index (χ0v) is 10.4. The largest absolute Gasteiger partial charge is 0.468 e. The molecule has 4 nitrogen and oxygen atoms in total. The predicted molar refractivity (Wildman–Crippen MR) is 62.1 cm³/mol. The van der Waals surface area contributed by atoms with Gasteiger partial charge < -0.3 is 10.1 Å². The minimum atomic E-state index is -1.25. The van der Waals surface area contributed by atoms with Crippen molar-refractivity contribution in [2.24, 2.45) is 0 Å². The van der Waals surface area contributed by atoms with Gasteiger partial charge in [-0.3, -0.25) is 9.59 Å². The summed E-state index contributed by atoms with van der Waals surface area (Å²) >= 11 is 3.31. The van der Waals surface area contributed by atoms with E-state index in [9.17, 15) is 9.59 Å². The molecule has 0 aliphatic carbocycles. The number of hydrogen-bond donors (Lipinski definition) is 1. The molecule has 1 heterocycles. The average Bonchev–Trinajstić information content (AvgIpc) is 2.50. The molecular formula is C11H10BrNO3. The fourth-order valence-electron chi connectivity index (χ4n) is 1.83. The Morgan fingerprint density at radius 2 is 2.19 bits per heavy atom. The van der Waals surface area contributed by atoms with E-state index < -0.39 is 11.4 Å². The van der Waals surface area contributed by atoms with E-state index in [0.717, 1.165) is 4.47 Å². The molecule has 1 N–H and O–H groups in total. The monoisotopic (exact) mass is 283 g/mol. The lowest BCUT2D eigenvalue weighted by atomic mass is 9.84. The Kier molecular flexibility index (Phi) is 2.50. The van der Waals surface area contributed by atoms with E-state index in [4.69, 9.17) is 0 Å². The van der Waals surface area contributed by atoms with Crippen LogP contribution in [0.5, 0.6) is 0 Å². The fourth-order valence-corrected chi connectivity index (χ4v) is 2.19. The van der Waals surface area contributed by atoms with Crippen molar-refractivity contribution in [3.8, 4) is 0 Å². The molecule has 0 aromatic heterocycles. The molecule has 1 atom stereocenters. The van der Waals surface area contributed by atoms with Crippen molar-refractivity contribution in [3.05, 3.63) is 28.2 Å². The molecule has 0 saturated heterocycles. The van der Waals surface area contributed by atoms with Crippen LogP contribution in [-0.2, 0) is 19.7 Å². The minimum Gasteiger partial charge on any atom is -0.468 e. The number of nitrogens with one attached hydrogen (secondary N) is 1. The molecule has 0 saturated carbocycles. The van der Waals surface area contributed by atoms with Crippen LogP contribution in [0.25, 0.3) is 0 Å². The number of fused-ring (bicyclic) bond motifs is 1. The highest BCUT2D eigenvalue weighted by molar-refractivity contribution is 9.10. The number of carbonyl (C=O) groups is 2. The topological polar surface area (TPSA) is 55.4 Å². The molecule has 0 radical (unpaired) electrons. The van der Waals surface area contributed by atoms with Gasteiger partial charge in [0.25, 0.3) is 0 Å². The molecule has 5 heteroatoms. The van der Waals surface area contributed by atoms with Crippen molar-refractivity contribution in [2.75, 3.05) is 12.4 Å². The van der Waals surface area contributed by atoms with Crippen LogP contribution in [0.4, 0.5) is 5.69 Å². The van der Waals surface area contributed by atoms with Gasteiger partial charge in [0.2, 0.25) is 5.91 Å². The molecule has 2 rings (SSSR count). The summed E-state index contributed by atoms with van der Waals surface area (Å²) in [5.41, 5.74) is 0.0463. The molecule has 1 aliphatic heterocycles. The van der Waals surface area contributed by atoms with E-state index >= 15 is 0 Å². The highest BCUT2D eigenvalue weighted by Crippen LogP contribution is 2.39. The molecule has 0 bridgehead atoms. The first-order chi connectivity index (χ1) is 7.50. The Bertz CT molecular complexity index is 486. The molecule has 0 spiro atoms. The number of esters is 1. The maximum atomic E-state index is 11.8. The Hall–Kier alpha value is -1.36. The molecule has 0 fully saturated rings. The lowest BCUT2D eigenvalue weighted by Crippen LogP contribution is -2.40. The summed E-state index contributed by atoms with van der Waals surface area (Å²) < 4.78 is 5.53. The van der Waals surface area contributed by atoms with Crippen LogP contribution < -0.4 is 5.32 Å². The summed E-state index contributed by atoms with van der Waals surface area (Å²) in [7, 11) is 1.28. The van der Waals surface area contributed by atoms with Gasteiger partial charge in [-0.25, -0.2) is 0 Å². The van der Waals surface area contributed by atoms with Gasteiger partial charge in [-0.15, -0.1) is 0 Å².